The number of hydrogen-bond acceptors (Lipinski definition) is 4. The molecule has 0 radical (unpaired) electrons. The van der Waals surface area contributed by atoms with Gasteiger partial charge in [-0.1, -0.05) is 30.3 Å². The molecular weight excluding hydrogens is 246 g/mol. The second-order valence-corrected chi connectivity index (χ2v) is 4.23. The van der Waals surface area contributed by atoms with E-state index in [1.807, 2.05) is 30.3 Å². The monoisotopic (exact) mass is 267 g/mol. The first-order chi connectivity index (χ1) is 9.22. The van der Waals surface area contributed by atoms with E-state index in [1.54, 1.807) is 0 Å². The van der Waals surface area contributed by atoms with Gasteiger partial charge < -0.3 is 19.9 Å². The summed E-state index contributed by atoms with van der Waals surface area (Å²) in [5.41, 5.74) is 1.03. The summed E-state index contributed by atoms with van der Waals surface area (Å²) in [5.74, 6) is -0.180. The molecule has 1 aromatic rings. The Balaban J connectivity index is 2.05. The van der Waals surface area contributed by atoms with Gasteiger partial charge in [-0.2, -0.15) is 0 Å². The third kappa shape index (κ3) is 7.56. The molecule has 0 heterocycles. The molecule has 1 rings (SSSR count). The van der Waals surface area contributed by atoms with Gasteiger partial charge in [0.2, 0.25) is 5.91 Å². The highest BCUT2D eigenvalue weighted by Gasteiger charge is 2.05. The van der Waals surface area contributed by atoms with Crippen molar-refractivity contribution >= 4 is 5.91 Å². The Bertz CT molecular complexity index is 356. The van der Waals surface area contributed by atoms with Crippen LogP contribution in [0.25, 0.3) is 0 Å². The molecule has 0 aliphatic heterocycles. The molecular formula is C14H21NO4. The molecule has 5 heteroatoms. The number of nitrogens with one attached hydrogen (secondary N) is 1. The second kappa shape index (κ2) is 9.49. The van der Waals surface area contributed by atoms with Crippen LogP contribution in [-0.4, -0.2) is 44.0 Å². The Kier molecular flexibility index (Phi) is 7.81. The Morgan fingerprint density at radius 1 is 1.37 bits per heavy atom. The molecule has 1 aromatic carbocycles. The maximum Gasteiger partial charge on any atom is 0.246 e. The van der Waals surface area contributed by atoms with E-state index in [-0.39, 0.29) is 19.1 Å². The van der Waals surface area contributed by atoms with Gasteiger partial charge >= 0.3 is 0 Å². The first-order valence-corrected chi connectivity index (χ1v) is 6.27. The van der Waals surface area contributed by atoms with E-state index < -0.39 is 6.10 Å². The minimum absolute atomic E-state index is 0.0231. The van der Waals surface area contributed by atoms with Crippen molar-refractivity contribution in [2.45, 2.75) is 19.1 Å². The molecule has 1 atom stereocenters. The Morgan fingerprint density at radius 3 is 2.79 bits per heavy atom. The Morgan fingerprint density at radius 2 is 2.11 bits per heavy atom. The van der Waals surface area contributed by atoms with Gasteiger partial charge in [0.15, 0.2) is 0 Å². The fraction of sp³-hybridized carbons (Fsp3) is 0.500. The second-order valence-electron chi connectivity index (χ2n) is 4.23. The number of aliphatic hydroxyl groups excluding tert-OH is 1. The molecule has 0 fully saturated rings. The summed E-state index contributed by atoms with van der Waals surface area (Å²) in [6.45, 7) is 1.13. The van der Waals surface area contributed by atoms with E-state index in [2.05, 4.69) is 5.32 Å². The first kappa shape index (κ1) is 15.6. The third-order valence-corrected chi connectivity index (χ3v) is 2.50. The van der Waals surface area contributed by atoms with Gasteiger partial charge in [-0.25, -0.2) is 0 Å². The fourth-order valence-corrected chi connectivity index (χ4v) is 1.54. The van der Waals surface area contributed by atoms with Crippen LogP contribution in [0.5, 0.6) is 0 Å². The van der Waals surface area contributed by atoms with Crippen molar-refractivity contribution in [1.29, 1.82) is 0 Å². The topological polar surface area (TPSA) is 67.8 Å². The Labute approximate surface area is 113 Å². The SMILES string of the molecule is COCC(O)CCNC(=O)COCc1ccccc1. The van der Waals surface area contributed by atoms with E-state index >= 15 is 0 Å². The number of hydrogen-bond donors (Lipinski definition) is 2. The molecule has 19 heavy (non-hydrogen) atoms. The lowest BCUT2D eigenvalue weighted by molar-refractivity contribution is -0.126. The zero-order valence-corrected chi connectivity index (χ0v) is 11.2. The minimum atomic E-state index is -0.546. The van der Waals surface area contributed by atoms with Gasteiger partial charge in [0.05, 0.1) is 19.3 Å². The van der Waals surface area contributed by atoms with Crippen LogP contribution in [0.2, 0.25) is 0 Å². The lowest BCUT2D eigenvalue weighted by Gasteiger charge is -2.10. The van der Waals surface area contributed by atoms with E-state index in [4.69, 9.17) is 9.47 Å². The van der Waals surface area contributed by atoms with E-state index in [9.17, 15) is 9.90 Å². The van der Waals surface area contributed by atoms with Crippen LogP contribution in [0.1, 0.15) is 12.0 Å². The van der Waals surface area contributed by atoms with Gasteiger partial charge in [-0.05, 0) is 12.0 Å². The molecule has 2 N–H and O–H groups in total. The van der Waals surface area contributed by atoms with Crippen molar-refractivity contribution in [1.82, 2.24) is 5.32 Å². The van der Waals surface area contributed by atoms with Crippen molar-refractivity contribution < 1.29 is 19.4 Å². The van der Waals surface area contributed by atoms with E-state index in [1.165, 1.54) is 7.11 Å². The molecule has 0 aliphatic rings. The van der Waals surface area contributed by atoms with Crippen molar-refractivity contribution in [2.24, 2.45) is 0 Å². The highest BCUT2D eigenvalue weighted by Crippen LogP contribution is 1.99. The number of carbonyl (C=O) groups excluding carboxylic acids is 1. The predicted octanol–water partition coefficient (Wildman–Crippen LogP) is 0.717. The number of rotatable bonds is 9. The number of ether oxygens (including phenoxy) is 2. The van der Waals surface area contributed by atoms with Crippen molar-refractivity contribution in [3.8, 4) is 0 Å². The standard InChI is InChI=1S/C14H21NO4/c1-18-10-13(16)7-8-15-14(17)11-19-9-12-5-3-2-4-6-12/h2-6,13,16H,7-11H2,1H3,(H,15,17). The van der Waals surface area contributed by atoms with Gasteiger partial charge in [0, 0.05) is 13.7 Å². The zero-order chi connectivity index (χ0) is 13.9. The number of methoxy groups -OCH3 is 1. The molecule has 0 aliphatic carbocycles. The van der Waals surface area contributed by atoms with Crippen molar-refractivity contribution in [2.75, 3.05) is 26.9 Å². The van der Waals surface area contributed by atoms with Crippen LogP contribution < -0.4 is 5.32 Å². The van der Waals surface area contributed by atoms with Gasteiger partial charge in [-0.15, -0.1) is 0 Å². The predicted molar refractivity (Wildman–Crippen MR) is 71.6 cm³/mol. The van der Waals surface area contributed by atoms with Crippen molar-refractivity contribution in [3.63, 3.8) is 0 Å². The van der Waals surface area contributed by atoms with Crippen LogP contribution in [0.4, 0.5) is 0 Å². The Hall–Kier alpha value is -1.43. The molecule has 0 spiro atoms. The average Bonchev–Trinajstić information content (AvgIpc) is 2.40. The molecule has 106 valence electrons. The number of amides is 1. The largest absolute Gasteiger partial charge is 0.391 e. The molecule has 5 nitrogen and oxygen atoms in total. The number of aliphatic hydroxyl groups is 1. The summed E-state index contributed by atoms with van der Waals surface area (Å²) in [6, 6.07) is 9.67. The molecule has 0 saturated carbocycles. The van der Waals surface area contributed by atoms with Crippen LogP contribution in [0, 0.1) is 0 Å². The maximum absolute atomic E-state index is 11.4. The normalized spacial score (nSPS) is 12.1. The fourth-order valence-electron chi connectivity index (χ4n) is 1.54. The van der Waals surface area contributed by atoms with Crippen molar-refractivity contribution in [3.05, 3.63) is 35.9 Å². The van der Waals surface area contributed by atoms with Crippen LogP contribution >= 0.6 is 0 Å². The molecule has 1 amide bonds. The van der Waals surface area contributed by atoms with Crippen LogP contribution in [0.3, 0.4) is 0 Å². The van der Waals surface area contributed by atoms with Gasteiger partial charge in [-0.3, -0.25) is 4.79 Å². The third-order valence-electron chi connectivity index (χ3n) is 2.50. The number of benzene rings is 1. The minimum Gasteiger partial charge on any atom is -0.391 e. The first-order valence-electron chi connectivity index (χ1n) is 6.27. The van der Waals surface area contributed by atoms with E-state index in [0.717, 1.165) is 5.56 Å². The highest BCUT2D eigenvalue weighted by atomic mass is 16.5. The van der Waals surface area contributed by atoms with E-state index in [0.29, 0.717) is 19.6 Å². The van der Waals surface area contributed by atoms with Crippen LogP contribution in [0.15, 0.2) is 30.3 Å². The average molecular weight is 267 g/mol. The van der Waals surface area contributed by atoms with Crippen LogP contribution in [-0.2, 0) is 20.9 Å². The quantitative estimate of drug-likeness (QED) is 0.691. The lowest BCUT2D eigenvalue weighted by Crippen LogP contribution is -2.31. The highest BCUT2D eigenvalue weighted by molar-refractivity contribution is 5.77. The molecule has 0 bridgehead atoms. The summed E-state index contributed by atoms with van der Waals surface area (Å²) in [4.78, 5) is 11.4. The summed E-state index contributed by atoms with van der Waals surface area (Å²) < 4.78 is 10.1. The maximum atomic E-state index is 11.4. The molecule has 1 unspecified atom stereocenters. The smallest absolute Gasteiger partial charge is 0.246 e. The summed E-state index contributed by atoms with van der Waals surface area (Å²) in [5, 5.41) is 12.1. The van der Waals surface area contributed by atoms with Gasteiger partial charge in [0.1, 0.15) is 6.61 Å². The van der Waals surface area contributed by atoms with Gasteiger partial charge in [0.25, 0.3) is 0 Å². The number of carbonyl (C=O) groups is 1. The molecule has 0 saturated heterocycles. The summed E-state index contributed by atoms with van der Waals surface area (Å²) in [6.07, 6.45) is -0.0753. The summed E-state index contributed by atoms with van der Waals surface area (Å²) in [7, 11) is 1.53. The lowest BCUT2D eigenvalue weighted by atomic mass is 10.2. The molecule has 0 aromatic heterocycles. The summed E-state index contributed by atoms with van der Waals surface area (Å²) >= 11 is 0. The zero-order valence-electron chi connectivity index (χ0n) is 11.2.